The Hall–Kier alpha value is -2.04. The monoisotopic (exact) mass is 202 g/mol. The first-order valence-electron chi connectivity index (χ1n) is 3.44. The maximum atomic E-state index is 11.9. The van der Waals surface area contributed by atoms with Crippen molar-refractivity contribution in [2.75, 3.05) is 0 Å². The number of hydrogen-bond acceptors (Lipinski definition) is 4. The van der Waals surface area contributed by atoms with Gasteiger partial charge in [0.2, 0.25) is 0 Å². The van der Waals surface area contributed by atoms with Gasteiger partial charge in [-0.15, -0.1) is 0 Å². The third kappa shape index (κ3) is 2.01. The Kier molecular flexibility index (Phi) is 2.71. The average Bonchev–Trinajstić information content (AvgIpc) is 2.46. The zero-order valence-corrected chi connectivity index (χ0v) is 6.72. The minimum Gasteiger partial charge on any atom is -0.358 e. The second-order valence-corrected chi connectivity index (χ2v) is 2.35. The molecule has 8 heteroatoms. The highest BCUT2D eigenvalue weighted by atomic mass is 19.3. The van der Waals surface area contributed by atoms with Gasteiger partial charge in [-0.2, -0.15) is 9.94 Å². The lowest BCUT2D eigenvalue weighted by atomic mass is 10.4. The van der Waals surface area contributed by atoms with E-state index < -0.39 is 23.7 Å². The fourth-order valence-electron chi connectivity index (χ4n) is 0.860. The third-order valence-electron chi connectivity index (χ3n) is 1.36. The fraction of sp³-hybridized carbons (Fsp3) is 0.333. The van der Waals surface area contributed by atoms with E-state index in [2.05, 4.69) is 5.10 Å². The van der Waals surface area contributed by atoms with Gasteiger partial charge in [-0.25, -0.2) is 8.78 Å². The molecule has 0 aliphatic heterocycles. The molecule has 1 aromatic heterocycles. The van der Waals surface area contributed by atoms with Crippen molar-refractivity contribution in [1.29, 1.82) is 5.26 Å². The van der Waals surface area contributed by atoms with Crippen molar-refractivity contribution in [3.63, 3.8) is 0 Å². The zero-order valence-electron chi connectivity index (χ0n) is 6.72. The number of nitro groups is 1. The molecule has 0 atom stereocenters. The minimum absolute atomic E-state index is 0.323. The van der Waals surface area contributed by atoms with Crippen LogP contribution in [-0.4, -0.2) is 21.1 Å². The molecule has 0 radical (unpaired) electrons. The Morgan fingerprint density at radius 1 is 1.79 bits per heavy atom. The molecular weight excluding hydrogens is 198 g/mol. The number of alkyl halides is 2. The summed E-state index contributed by atoms with van der Waals surface area (Å²) in [5.41, 5.74) is -0.323. The van der Waals surface area contributed by atoms with E-state index in [9.17, 15) is 18.9 Å². The van der Waals surface area contributed by atoms with Crippen LogP contribution in [0.4, 0.5) is 14.6 Å². The van der Waals surface area contributed by atoms with Crippen LogP contribution in [-0.2, 0) is 6.54 Å². The molecule has 1 rings (SSSR count). The molecule has 74 valence electrons. The van der Waals surface area contributed by atoms with E-state index in [1.165, 1.54) is 6.07 Å². The molecule has 0 N–H and O–H groups in total. The van der Waals surface area contributed by atoms with Crippen LogP contribution in [0.15, 0.2) is 6.20 Å². The average molecular weight is 202 g/mol. The summed E-state index contributed by atoms with van der Waals surface area (Å²) in [7, 11) is 0. The summed E-state index contributed by atoms with van der Waals surface area (Å²) >= 11 is 0. The molecule has 0 aromatic carbocycles. The van der Waals surface area contributed by atoms with Gasteiger partial charge in [0.1, 0.15) is 12.6 Å². The first-order chi connectivity index (χ1) is 6.54. The number of hydrogen-bond donors (Lipinski definition) is 0. The van der Waals surface area contributed by atoms with Crippen molar-refractivity contribution in [3.8, 4) is 6.07 Å². The lowest BCUT2D eigenvalue weighted by Crippen LogP contribution is -2.07. The molecule has 0 fully saturated rings. The summed E-state index contributed by atoms with van der Waals surface area (Å²) < 4.78 is 24.4. The van der Waals surface area contributed by atoms with Gasteiger partial charge in [-0.1, -0.05) is 0 Å². The van der Waals surface area contributed by atoms with Crippen LogP contribution in [0, 0.1) is 21.4 Å². The molecule has 1 heterocycles. The van der Waals surface area contributed by atoms with Gasteiger partial charge >= 0.3 is 5.82 Å². The van der Waals surface area contributed by atoms with Crippen molar-refractivity contribution in [1.82, 2.24) is 9.78 Å². The van der Waals surface area contributed by atoms with Crippen LogP contribution in [0.1, 0.15) is 5.56 Å². The molecule has 6 nitrogen and oxygen atoms in total. The first kappa shape index (κ1) is 10.0. The predicted molar refractivity (Wildman–Crippen MR) is 39.6 cm³/mol. The Balaban J connectivity index is 3.02. The summed E-state index contributed by atoms with van der Waals surface area (Å²) in [6.07, 6.45) is -1.74. The van der Waals surface area contributed by atoms with Gasteiger partial charge in [0.25, 0.3) is 6.43 Å². The fourth-order valence-corrected chi connectivity index (χ4v) is 0.860. The highest BCUT2D eigenvalue weighted by molar-refractivity contribution is 5.40. The molecule has 0 unspecified atom stereocenters. The molecule has 14 heavy (non-hydrogen) atoms. The third-order valence-corrected chi connectivity index (χ3v) is 1.36. The molecule has 0 saturated carbocycles. The molecule has 1 aromatic rings. The highest BCUT2D eigenvalue weighted by Crippen LogP contribution is 2.14. The van der Waals surface area contributed by atoms with E-state index in [1.807, 2.05) is 0 Å². The van der Waals surface area contributed by atoms with E-state index in [-0.39, 0.29) is 5.56 Å². The van der Waals surface area contributed by atoms with Gasteiger partial charge in [0.15, 0.2) is 5.56 Å². The molecule has 0 aliphatic rings. The largest absolute Gasteiger partial charge is 0.407 e. The van der Waals surface area contributed by atoms with Gasteiger partial charge in [0, 0.05) is 0 Å². The minimum atomic E-state index is -2.67. The van der Waals surface area contributed by atoms with Crippen LogP contribution < -0.4 is 0 Å². The van der Waals surface area contributed by atoms with E-state index in [4.69, 9.17) is 5.26 Å². The Bertz CT molecular complexity index is 395. The van der Waals surface area contributed by atoms with Gasteiger partial charge < -0.3 is 10.1 Å². The summed E-state index contributed by atoms with van der Waals surface area (Å²) in [5.74, 6) is -0.701. The van der Waals surface area contributed by atoms with E-state index in [1.54, 1.807) is 0 Å². The number of nitrogens with zero attached hydrogens (tertiary/aromatic N) is 4. The highest BCUT2D eigenvalue weighted by Gasteiger charge is 2.21. The Morgan fingerprint density at radius 3 is 2.79 bits per heavy atom. The smallest absolute Gasteiger partial charge is 0.358 e. The standard InChI is InChI=1S/C6H4F2N4O2/c7-5(8)3-11-2-4(1-9)6(10-11)12(13)14/h2,5H,3H2. The number of halogens is 2. The van der Waals surface area contributed by atoms with Crippen molar-refractivity contribution in [3.05, 3.63) is 21.9 Å². The SMILES string of the molecule is N#Cc1cn(CC(F)F)nc1[N+](=O)[O-]. The van der Waals surface area contributed by atoms with E-state index in [0.717, 1.165) is 6.20 Å². The van der Waals surface area contributed by atoms with Crippen molar-refractivity contribution < 1.29 is 13.7 Å². The predicted octanol–water partition coefficient (Wildman–Crippen LogP) is 0.928. The molecule has 0 amide bonds. The summed E-state index contributed by atoms with van der Waals surface area (Å²) in [4.78, 5) is 9.38. The number of rotatable bonds is 3. The van der Waals surface area contributed by atoms with Crippen molar-refractivity contribution in [2.24, 2.45) is 0 Å². The van der Waals surface area contributed by atoms with Crippen LogP contribution >= 0.6 is 0 Å². The first-order valence-corrected chi connectivity index (χ1v) is 3.44. The molecule has 0 spiro atoms. The topological polar surface area (TPSA) is 84.8 Å². The van der Waals surface area contributed by atoms with Crippen molar-refractivity contribution in [2.45, 2.75) is 13.0 Å². The van der Waals surface area contributed by atoms with E-state index >= 15 is 0 Å². The lowest BCUT2D eigenvalue weighted by molar-refractivity contribution is -0.390. The summed E-state index contributed by atoms with van der Waals surface area (Å²) in [6.45, 7) is -0.761. The maximum absolute atomic E-state index is 11.9. The summed E-state index contributed by atoms with van der Waals surface area (Å²) in [5, 5.41) is 21.9. The molecule has 0 saturated heterocycles. The van der Waals surface area contributed by atoms with E-state index in [0.29, 0.717) is 4.68 Å². The normalized spacial score (nSPS) is 10.1. The van der Waals surface area contributed by atoms with Crippen LogP contribution in [0.25, 0.3) is 0 Å². The van der Waals surface area contributed by atoms with Crippen LogP contribution in [0.5, 0.6) is 0 Å². The molecule has 0 bridgehead atoms. The number of aromatic nitrogens is 2. The quantitative estimate of drug-likeness (QED) is 0.538. The number of nitriles is 1. The van der Waals surface area contributed by atoms with Crippen molar-refractivity contribution >= 4 is 5.82 Å². The second-order valence-electron chi connectivity index (χ2n) is 2.35. The van der Waals surface area contributed by atoms with Crippen LogP contribution in [0.3, 0.4) is 0 Å². The second kappa shape index (κ2) is 3.78. The Labute approximate surface area is 76.5 Å². The molecule has 0 aliphatic carbocycles. The maximum Gasteiger partial charge on any atom is 0.407 e. The van der Waals surface area contributed by atoms with Gasteiger partial charge in [-0.3, -0.25) is 0 Å². The van der Waals surface area contributed by atoms with Crippen LogP contribution in [0.2, 0.25) is 0 Å². The molecular formula is C6H4F2N4O2. The van der Waals surface area contributed by atoms with Gasteiger partial charge in [-0.05, 0) is 4.92 Å². The summed E-state index contributed by atoms with van der Waals surface area (Å²) in [6, 6.07) is 1.50. The zero-order chi connectivity index (χ0) is 10.7. The Morgan fingerprint density at radius 2 is 2.43 bits per heavy atom. The van der Waals surface area contributed by atoms with Gasteiger partial charge in [0.05, 0.1) is 11.3 Å². The lowest BCUT2D eigenvalue weighted by Gasteiger charge is -1.92.